The van der Waals surface area contributed by atoms with Gasteiger partial charge in [-0.2, -0.15) is 0 Å². The Morgan fingerprint density at radius 3 is 2.23 bits per heavy atom. The van der Waals surface area contributed by atoms with Gasteiger partial charge in [0.2, 0.25) is 23.6 Å². The molecule has 0 radical (unpaired) electrons. The summed E-state index contributed by atoms with van der Waals surface area (Å²) in [5.41, 5.74) is 10.9. The Balaban J connectivity index is 2.65. The number of rotatable bonds is 13. The predicted molar refractivity (Wildman–Crippen MR) is 101 cm³/mol. The van der Waals surface area contributed by atoms with Gasteiger partial charge in [0, 0.05) is 18.3 Å². The summed E-state index contributed by atoms with van der Waals surface area (Å²) in [5, 5.41) is 24.3. The molecule has 15 heteroatoms. The predicted octanol–water partition coefficient (Wildman–Crippen LogP) is -4.20. The Morgan fingerprint density at radius 1 is 1.03 bits per heavy atom. The summed E-state index contributed by atoms with van der Waals surface area (Å²) in [5.74, 6) is -6.47. The number of imidazole rings is 1. The highest BCUT2D eigenvalue weighted by Gasteiger charge is 2.27. The number of carboxylic acids is 2. The Kier molecular flexibility index (Phi) is 9.58. The number of nitrogens with zero attached hydrogens (tertiary/aromatic N) is 1. The van der Waals surface area contributed by atoms with Gasteiger partial charge in [-0.3, -0.25) is 24.0 Å². The van der Waals surface area contributed by atoms with Crippen LogP contribution >= 0.6 is 0 Å². The van der Waals surface area contributed by atoms with Crippen molar-refractivity contribution in [3.63, 3.8) is 0 Å². The van der Waals surface area contributed by atoms with Crippen molar-refractivity contribution in [2.24, 2.45) is 11.5 Å². The maximum absolute atomic E-state index is 12.2. The second kappa shape index (κ2) is 11.9. The summed E-state index contributed by atoms with van der Waals surface area (Å²) >= 11 is 0. The average molecular weight is 441 g/mol. The number of nitrogens with one attached hydrogen (secondary N) is 4. The van der Waals surface area contributed by atoms with Crippen LogP contribution in [0.5, 0.6) is 0 Å². The summed E-state index contributed by atoms with van der Waals surface area (Å²) in [6.45, 7) is -0.669. The number of H-pyrrole nitrogens is 1. The zero-order valence-corrected chi connectivity index (χ0v) is 16.2. The minimum atomic E-state index is -1.52. The van der Waals surface area contributed by atoms with Crippen LogP contribution in [-0.4, -0.2) is 80.4 Å². The molecule has 0 fully saturated rings. The topological polar surface area (TPSA) is 260 Å². The van der Waals surface area contributed by atoms with Gasteiger partial charge in [-0.1, -0.05) is 0 Å². The molecule has 0 saturated heterocycles. The maximum atomic E-state index is 12.2. The lowest BCUT2D eigenvalue weighted by molar-refractivity contribution is -0.141. The van der Waals surface area contributed by atoms with Crippen molar-refractivity contribution >= 4 is 35.6 Å². The van der Waals surface area contributed by atoms with Crippen LogP contribution in [0, 0.1) is 0 Å². The monoisotopic (exact) mass is 441 g/mol. The van der Waals surface area contributed by atoms with Gasteiger partial charge in [0.15, 0.2) is 0 Å². The van der Waals surface area contributed by atoms with E-state index in [0.29, 0.717) is 5.69 Å². The fraction of sp³-hybridized carbons (Fsp3) is 0.438. The first-order chi connectivity index (χ1) is 14.5. The van der Waals surface area contributed by atoms with E-state index in [1.807, 2.05) is 0 Å². The highest BCUT2D eigenvalue weighted by Crippen LogP contribution is 1.99. The third-order valence-electron chi connectivity index (χ3n) is 3.80. The summed E-state index contributed by atoms with van der Waals surface area (Å²) in [7, 11) is 0. The maximum Gasteiger partial charge on any atom is 0.326 e. The van der Waals surface area contributed by atoms with Gasteiger partial charge in [0.25, 0.3) is 0 Å². The zero-order chi connectivity index (χ0) is 23.6. The molecular formula is C16H23N7O8. The van der Waals surface area contributed by atoms with E-state index in [2.05, 4.69) is 25.9 Å². The SMILES string of the molecule is NC(=O)CC(NC(=O)C(N)CC(=O)O)C(=O)NCC(=O)NC(Cc1cnc[nH]1)C(=O)O. The number of nitrogens with two attached hydrogens (primary N) is 2. The number of carbonyl (C=O) groups excluding carboxylic acids is 4. The van der Waals surface area contributed by atoms with Gasteiger partial charge in [-0.25, -0.2) is 9.78 Å². The molecule has 1 aromatic heterocycles. The molecule has 0 aliphatic carbocycles. The molecule has 0 aliphatic rings. The second-order valence-corrected chi connectivity index (χ2v) is 6.39. The van der Waals surface area contributed by atoms with Crippen LogP contribution in [0.4, 0.5) is 0 Å². The quantitative estimate of drug-likeness (QED) is 0.146. The standard InChI is InChI=1S/C16H23N7O8/c17-8(2-13(26)27)14(28)23-9(3-11(18)24)15(29)20-5-12(25)22-10(16(30)31)1-7-4-19-6-21-7/h4,6,8-10H,1-3,5,17H2,(H2,18,24)(H,19,21)(H,20,29)(H,22,25)(H,23,28)(H,26,27)(H,30,31). The number of primary amides is 1. The molecule has 0 saturated carbocycles. The summed E-state index contributed by atoms with van der Waals surface area (Å²) in [4.78, 5) is 75.7. The number of aromatic amines is 1. The third kappa shape index (κ3) is 9.35. The highest BCUT2D eigenvalue weighted by atomic mass is 16.4. The number of carboxylic acid groups (broad SMARTS) is 2. The van der Waals surface area contributed by atoms with Gasteiger partial charge in [0.05, 0.1) is 31.8 Å². The Morgan fingerprint density at radius 2 is 1.71 bits per heavy atom. The number of aromatic nitrogens is 2. The van der Waals surface area contributed by atoms with Crippen molar-refractivity contribution < 1.29 is 39.0 Å². The molecule has 10 N–H and O–H groups in total. The van der Waals surface area contributed by atoms with Crippen LogP contribution in [0.2, 0.25) is 0 Å². The molecular weight excluding hydrogens is 418 g/mol. The number of carbonyl (C=O) groups is 6. The molecule has 4 amide bonds. The van der Waals surface area contributed by atoms with E-state index in [-0.39, 0.29) is 6.42 Å². The lowest BCUT2D eigenvalue weighted by Crippen LogP contribution is -2.54. The zero-order valence-electron chi connectivity index (χ0n) is 16.2. The number of aliphatic carboxylic acids is 2. The van der Waals surface area contributed by atoms with Crippen molar-refractivity contribution in [2.75, 3.05) is 6.54 Å². The van der Waals surface area contributed by atoms with Crippen molar-refractivity contribution in [3.8, 4) is 0 Å². The van der Waals surface area contributed by atoms with Crippen LogP contribution in [-0.2, 0) is 35.2 Å². The van der Waals surface area contributed by atoms with Crippen molar-refractivity contribution in [1.82, 2.24) is 25.9 Å². The Labute approximate surface area is 174 Å². The van der Waals surface area contributed by atoms with Gasteiger partial charge >= 0.3 is 11.9 Å². The Bertz CT molecular complexity index is 826. The van der Waals surface area contributed by atoms with Crippen LogP contribution in [0.1, 0.15) is 18.5 Å². The number of hydrogen-bond donors (Lipinski definition) is 8. The van der Waals surface area contributed by atoms with E-state index < -0.39 is 73.1 Å². The second-order valence-electron chi connectivity index (χ2n) is 6.39. The van der Waals surface area contributed by atoms with E-state index in [4.69, 9.17) is 16.6 Å². The molecule has 31 heavy (non-hydrogen) atoms. The van der Waals surface area contributed by atoms with Gasteiger partial charge in [-0.15, -0.1) is 0 Å². The van der Waals surface area contributed by atoms with E-state index in [1.165, 1.54) is 12.5 Å². The first-order valence-electron chi connectivity index (χ1n) is 8.82. The van der Waals surface area contributed by atoms with Crippen molar-refractivity contribution in [1.29, 1.82) is 0 Å². The molecule has 0 aliphatic heterocycles. The molecule has 1 heterocycles. The van der Waals surface area contributed by atoms with Crippen LogP contribution in [0.15, 0.2) is 12.5 Å². The smallest absolute Gasteiger partial charge is 0.326 e. The van der Waals surface area contributed by atoms with Crippen LogP contribution in [0.25, 0.3) is 0 Å². The summed E-state index contributed by atoms with van der Waals surface area (Å²) in [6, 6.07) is -4.30. The van der Waals surface area contributed by atoms with E-state index >= 15 is 0 Å². The molecule has 170 valence electrons. The van der Waals surface area contributed by atoms with Crippen molar-refractivity contribution in [2.45, 2.75) is 37.4 Å². The lowest BCUT2D eigenvalue weighted by Gasteiger charge is -2.19. The van der Waals surface area contributed by atoms with E-state index in [0.717, 1.165) is 0 Å². The summed E-state index contributed by atoms with van der Waals surface area (Å²) < 4.78 is 0. The molecule has 3 unspecified atom stereocenters. The molecule has 0 bridgehead atoms. The molecule has 3 atom stereocenters. The van der Waals surface area contributed by atoms with Crippen molar-refractivity contribution in [3.05, 3.63) is 18.2 Å². The normalized spacial score (nSPS) is 13.3. The molecule has 1 rings (SSSR count). The lowest BCUT2D eigenvalue weighted by atomic mass is 10.1. The van der Waals surface area contributed by atoms with Gasteiger partial charge in [-0.05, 0) is 0 Å². The molecule has 0 spiro atoms. The van der Waals surface area contributed by atoms with E-state index in [1.54, 1.807) is 0 Å². The number of hydrogen-bond acceptors (Lipinski definition) is 8. The number of amides is 4. The molecule has 15 nitrogen and oxygen atoms in total. The first kappa shape index (κ1) is 25.0. The fourth-order valence-electron chi connectivity index (χ4n) is 2.32. The third-order valence-corrected chi connectivity index (χ3v) is 3.80. The summed E-state index contributed by atoms with van der Waals surface area (Å²) in [6.07, 6.45) is 1.28. The average Bonchev–Trinajstić information content (AvgIpc) is 3.17. The van der Waals surface area contributed by atoms with E-state index in [9.17, 15) is 33.9 Å². The minimum absolute atomic E-state index is 0.0865. The molecule has 1 aromatic rings. The largest absolute Gasteiger partial charge is 0.481 e. The van der Waals surface area contributed by atoms with Crippen LogP contribution < -0.4 is 27.4 Å². The van der Waals surface area contributed by atoms with Gasteiger partial charge in [0.1, 0.15) is 12.1 Å². The van der Waals surface area contributed by atoms with Crippen LogP contribution in [0.3, 0.4) is 0 Å². The fourth-order valence-corrected chi connectivity index (χ4v) is 2.32. The minimum Gasteiger partial charge on any atom is -0.481 e. The molecule has 0 aromatic carbocycles. The highest BCUT2D eigenvalue weighted by molar-refractivity contribution is 5.95. The Hall–Kier alpha value is -4.01. The first-order valence-corrected chi connectivity index (χ1v) is 8.82. The van der Waals surface area contributed by atoms with Gasteiger partial charge < -0.3 is 42.6 Å².